The second kappa shape index (κ2) is 4.61. The first kappa shape index (κ1) is 11.5. The topological polar surface area (TPSA) is 47.6 Å². The van der Waals surface area contributed by atoms with Gasteiger partial charge in [0.05, 0.1) is 12.7 Å². The van der Waals surface area contributed by atoms with E-state index in [1.165, 1.54) is 0 Å². The maximum Gasteiger partial charge on any atom is 0.328 e. The molecule has 1 N–H and O–H groups in total. The van der Waals surface area contributed by atoms with E-state index in [4.69, 9.17) is 9.47 Å². The van der Waals surface area contributed by atoms with Crippen molar-refractivity contribution in [2.24, 2.45) is 5.92 Å². The molecule has 0 radical (unpaired) electrons. The molecule has 0 unspecified atom stereocenters. The molecule has 2 heterocycles. The summed E-state index contributed by atoms with van der Waals surface area (Å²) in [7, 11) is 0. The molecule has 1 saturated heterocycles. The van der Waals surface area contributed by atoms with Crippen molar-refractivity contribution in [3.8, 4) is 0 Å². The molecule has 1 aromatic rings. The third kappa shape index (κ3) is 1.77. The summed E-state index contributed by atoms with van der Waals surface area (Å²) in [6.45, 7) is 2.95. The van der Waals surface area contributed by atoms with Gasteiger partial charge in [0.15, 0.2) is 0 Å². The first-order valence-corrected chi connectivity index (χ1v) is 6.45. The molecule has 0 aliphatic carbocycles. The molecule has 0 aromatic heterocycles. The molecule has 4 heteroatoms. The van der Waals surface area contributed by atoms with Gasteiger partial charge < -0.3 is 14.8 Å². The van der Waals surface area contributed by atoms with Gasteiger partial charge in [-0.15, -0.1) is 0 Å². The van der Waals surface area contributed by atoms with Gasteiger partial charge in [-0.3, -0.25) is 0 Å². The number of carbonyl (C=O) groups is 1. The molecule has 1 fully saturated rings. The van der Waals surface area contributed by atoms with Crippen LogP contribution >= 0.6 is 0 Å². The molecular weight excluding hydrogens is 230 g/mol. The standard InChI is InChI=1S/C14H17NO3/c1-2-17-14(16)12-10-7-8-18-13(10)9-5-3-4-6-11(9)15-12/h3-6,10,12-13,15H,2,7-8H2,1H3/t10-,12+,13+/m0/s1. The van der Waals surface area contributed by atoms with Crippen LogP contribution in [0.4, 0.5) is 5.69 Å². The monoisotopic (exact) mass is 247 g/mol. The molecule has 1 aromatic carbocycles. The highest BCUT2D eigenvalue weighted by atomic mass is 16.5. The van der Waals surface area contributed by atoms with Crippen LogP contribution in [-0.4, -0.2) is 25.2 Å². The first-order valence-electron chi connectivity index (χ1n) is 6.45. The van der Waals surface area contributed by atoms with Crippen LogP contribution in [-0.2, 0) is 14.3 Å². The summed E-state index contributed by atoms with van der Waals surface area (Å²) >= 11 is 0. The Kier molecular flexibility index (Phi) is 2.96. The summed E-state index contributed by atoms with van der Waals surface area (Å²) in [5.74, 6) is 0.00598. The lowest BCUT2D eigenvalue weighted by molar-refractivity contribution is -0.146. The molecule has 3 atom stereocenters. The lowest BCUT2D eigenvalue weighted by Gasteiger charge is -2.34. The highest BCUT2D eigenvalue weighted by Crippen LogP contribution is 2.44. The van der Waals surface area contributed by atoms with E-state index >= 15 is 0 Å². The van der Waals surface area contributed by atoms with Gasteiger partial charge in [0.25, 0.3) is 0 Å². The number of ether oxygens (including phenoxy) is 2. The number of fused-ring (bicyclic) bond motifs is 3. The molecule has 4 nitrogen and oxygen atoms in total. The molecule has 96 valence electrons. The van der Waals surface area contributed by atoms with Crippen molar-refractivity contribution in [2.75, 3.05) is 18.5 Å². The summed E-state index contributed by atoms with van der Waals surface area (Å²) in [4.78, 5) is 12.0. The predicted octanol–water partition coefficient (Wildman–Crippen LogP) is 2.12. The molecule has 3 rings (SSSR count). The fourth-order valence-electron chi connectivity index (χ4n) is 2.88. The first-order chi connectivity index (χ1) is 8.81. The Morgan fingerprint density at radius 2 is 2.33 bits per heavy atom. The molecule has 0 amide bonds. The second-order valence-corrected chi connectivity index (χ2v) is 4.71. The number of anilines is 1. The van der Waals surface area contributed by atoms with Gasteiger partial charge in [-0.25, -0.2) is 4.79 Å². The van der Waals surface area contributed by atoms with Crippen molar-refractivity contribution in [1.29, 1.82) is 0 Å². The van der Waals surface area contributed by atoms with E-state index in [-0.39, 0.29) is 24.0 Å². The van der Waals surface area contributed by atoms with E-state index in [0.717, 1.165) is 17.7 Å². The van der Waals surface area contributed by atoms with Crippen LogP contribution in [0.2, 0.25) is 0 Å². The van der Waals surface area contributed by atoms with E-state index in [2.05, 4.69) is 11.4 Å². The van der Waals surface area contributed by atoms with Crippen molar-refractivity contribution >= 4 is 11.7 Å². The summed E-state index contributed by atoms with van der Waals surface area (Å²) < 4.78 is 10.9. The predicted molar refractivity (Wildman–Crippen MR) is 67.3 cm³/mol. The van der Waals surface area contributed by atoms with E-state index in [1.54, 1.807) is 0 Å². The second-order valence-electron chi connectivity index (χ2n) is 4.71. The van der Waals surface area contributed by atoms with Crippen LogP contribution in [0.15, 0.2) is 24.3 Å². The van der Waals surface area contributed by atoms with Gasteiger partial charge in [-0.1, -0.05) is 18.2 Å². The van der Waals surface area contributed by atoms with Crippen LogP contribution in [0.1, 0.15) is 25.0 Å². The van der Waals surface area contributed by atoms with Crippen molar-refractivity contribution in [2.45, 2.75) is 25.5 Å². The van der Waals surface area contributed by atoms with E-state index < -0.39 is 0 Å². The SMILES string of the molecule is CCOC(=O)[C@@H]1Nc2ccccc2[C@H]2OCC[C@H]21. The minimum absolute atomic E-state index is 0.0249. The lowest BCUT2D eigenvalue weighted by Crippen LogP contribution is -2.43. The number of para-hydroxylation sites is 1. The summed E-state index contributed by atoms with van der Waals surface area (Å²) in [6.07, 6.45) is 0.923. The van der Waals surface area contributed by atoms with E-state index in [0.29, 0.717) is 13.2 Å². The average molecular weight is 247 g/mol. The number of rotatable bonds is 2. The maximum atomic E-state index is 12.0. The van der Waals surface area contributed by atoms with E-state index in [9.17, 15) is 4.79 Å². The molecule has 2 aliphatic heterocycles. The van der Waals surface area contributed by atoms with Crippen LogP contribution in [0.5, 0.6) is 0 Å². The molecule has 0 bridgehead atoms. The number of hydrogen-bond acceptors (Lipinski definition) is 4. The minimum Gasteiger partial charge on any atom is -0.464 e. The summed E-state index contributed by atoms with van der Waals surface area (Å²) in [5.41, 5.74) is 2.14. The molecule has 2 aliphatic rings. The fourth-order valence-corrected chi connectivity index (χ4v) is 2.88. The van der Waals surface area contributed by atoms with Crippen molar-refractivity contribution in [3.05, 3.63) is 29.8 Å². The number of esters is 1. The Labute approximate surface area is 106 Å². The van der Waals surface area contributed by atoms with Gasteiger partial charge in [-0.2, -0.15) is 0 Å². The zero-order chi connectivity index (χ0) is 12.5. The molecule has 18 heavy (non-hydrogen) atoms. The molecule has 0 spiro atoms. The van der Waals surface area contributed by atoms with E-state index in [1.807, 2.05) is 25.1 Å². The summed E-state index contributed by atoms with van der Waals surface area (Å²) in [5, 5.41) is 3.30. The Hall–Kier alpha value is -1.55. The average Bonchev–Trinajstić information content (AvgIpc) is 2.87. The number of nitrogens with one attached hydrogen (secondary N) is 1. The van der Waals surface area contributed by atoms with Gasteiger partial charge in [0.1, 0.15) is 6.04 Å². The van der Waals surface area contributed by atoms with Gasteiger partial charge >= 0.3 is 5.97 Å². The Bertz CT molecular complexity index is 460. The highest BCUT2D eigenvalue weighted by molar-refractivity contribution is 5.81. The molecule has 0 saturated carbocycles. The number of benzene rings is 1. The largest absolute Gasteiger partial charge is 0.464 e. The maximum absolute atomic E-state index is 12.0. The normalized spacial score (nSPS) is 29.1. The van der Waals surface area contributed by atoms with Crippen LogP contribution < -0.4 is 5.32 Å². The van der Waals surface area contributed by atoms with Crippen LogP contribution in [0.25, 0.3) is 0 Å². The van der Waals surface area contributed by atoms with Crippen molar-refractivity contribution < 1.29 is 14.3 Å². The Morgan fingerprint density at radius 3 is 3.17 bits per heavy atom. The van der Waals surface area contributed by atoms with Crippen molar-refractivity contribution in [1.82, 2.24) is 0 Å². The van der Waals surface area contributed by atoms with Gasteiger partial charge in [0.2, 0.25) is 0 Å². The van der Waals surface area contributed by atoms with Crippen LogP contribution in [0.3, 0.4) is 0 Å². The number of hydrogen-bond donors (Lipinski definition) is 1. The third-order valence-corrected chi connectivity index (χ3v) is 3.68. The smallest absolute Gasteiger partial charge is 0.328 e. The quantitative estimate of drug-likeness (QED) is 0.813. The van der Waals surface area contributed by atoms with Gasteiger partial charge in [0, 0.05) is 23.8 Å². The highest BCUT2D eigenvalue weighted by Gasteiger charge is 2.44. The van der Waals surface area contributed by atoms with Crippen molar-refractivity contribution in [3.63, 3.8) is 0 Å². The van der Waals surface area contributed by atoms with Gasteiger partial charge in [-0.05, 0) is 19.4 Å². The van der Waals surface area contributed by atoms with Crippen LogP contribution in [0, 0.1) is 5.92 Å². The summed E-state index contributed by atoms with van der Waals surface area (Å²) in [6, 6.07) is 7.73. The Balaban J connectivity index is 1.93. The zero-order valence-corrected chi connectivity index (χ0v) is 10.4. The zero-order valence-electron chi connectivity index (χ0n) is 10.4. The lowest BCUT2D eigenvalue weighted by atomic mass is 9.84. The number of carbonyl (C=O) groups excluding carboxylic acids is 1. The minimum atomic E-state index is -0.285. The fraction of sp³-hybridized carbons (Fsp3) is 0.500. The third-order valence-electron chi connectivity index (χ3n) is 3.68. The molecular formula is C14H17NO3. The Morgan fingerprint density at radius 1 is 1.50 bits per heavy atom.